The number of nitrogens with zero attached hydrogens (tertiary/aromatic N) is 1. The van der Waals surface area contributed by atoms with Crippen LogP contribution in [0.2, 0.25) is 0 Å². The largest absolute Gasteiger partial charge is 0.377 e. The lowest BCUT2D eigenvalue weighted by molar-refractivity contribution is -0.384. The van der Waals surface area contributed by atoms with E-state index in [9.17, 15) is 18.5 Å². The minimum atomic E-state index is -3.71. The second-order valence-electron chi connectivity index (χ2n) is 5.40. The van der Waals surface area contributed by atoms with Crippen LogP contribution in [0, 0.1) is 10.1 Å². The predicted octanol–water partition coefficient (Wildman–Crippen LogP) is 1.18. The van der Waals surface area contributed by atoms with Gasteiger partial charge < -0.3 is 11.1 Å². The molecule has 0 saturated heterocycles. The number of benzene rings is 1. The summed E-state index contributed by atoms with van der Waals surface area (Å²) < 4.78 is 25.6. The predicted molar refractivity (Wildman–Crippen MR) is 83.2 cm³/mol. The van der Waals surface area contributed by atoms with Crippen molar-refractivity contribution in [2.24, 2.45) is 5.73 Å². The average molecular weight is 328 g/mol. The number of nitrogens with two attached hydrogens (primary N) is 1. The Kier molecular flexibility index (Phi) is 4.99. The van der Waals surface area contributed by atoms with Crippen LogP contribution in [0.1, 0.15) is 25.7 Å². The van der Waals surface area contributed by atoms with Gasteiger partial charge in [-0.2, -0.15) is 0 Å². The van der Waals surface area contributed by atoms with E-state index >= 15 is 0 Å². The molecule has 1 aliphatic rings. The van der Waals surface area contributed by atoms with E-state index < -0.39 is 14.9 Å². The highest BCUT2D eigenvalue weighted by atomic mass is 32.2. The molecule has 0 unspecified atom stereocenters. The van der Waals surface area contributed by atoms with Crippen molar-refractivity contribution >= 4 is 21.4 Å². The standard InChI is InChI=1S/C13H20N4O4S/c1-15-22(20,21)11-6-7-12(13(8-11)17(18)19)16-10-4-2-9(14)3-5-10/h6-10,15-16H,2-5,14H2,1H3. The zero-order chi connectivity index (χ0) is 16.3. The third kappa shape index (κ3) is 3.73. The molecular formula is C13H20N4O4S. The van der Waals surface area contributed by atoms with Crippen LogP contribution in [-0.2, 0) is 10.0 Å². The number of hydrogen-bond acceptors (Lipinski definition) is 6. The summed E-state index contributed by atoms with van der Waals surface area (Å²) in [6.45, 7) is 0. The fourth-order valence-corrected chi connectivity index (χ4v) is 3.30. The van der Waals surface area contributed by atoms with Gasteiger partial charge in [0.2, 0.25) is 10.0 Å². The molecule has 0 aliphatic heterocycles. The Labute approximate surface area is 129 Å². The molecule has 122 valence electrons. The van der Waals surface area contributed by atoms with Crippen LogP contribution in [0.5, 0.6) is 0 Å². The van der Waals surface area contributed by atoms with Gasteiger partial charge in [-0.1, -0.05) is 0 Å². The number of sulfonamides is 1. The summed E-state index contributed by atoms with van der Waals surface area (Å²) in [4.78, 5) is 10.5. The Balaban J connectivity index is 2.26. The van der Waals surface area contributed by atoms with Gasteiger partial charge in [-0.15, -0.1) is 0 Å². The number of nitrogens with one attached hydrogen (secondary N) is 2. The van der Waals surface area contributed by atoms with Crippen molar-refractivity contribution in [3.8, 4) is 0 Å². The van der Waals surface area contributed by atoms with E-state index in [2.05, 4.69) is 10.0 Å². The van der Waals surface area contributed by atoms with Crippen LogP contribution >= 0.6 is 0 Å². The first-order valence-corrected chi connectivity index (χ1v) is 8.56. The van der Waals surface area contributed by atoms with Gasteiger partial charge in [-0.3, -0.25) is 10.1 Å². The maximum atomic E-state index is 11.7. The van der Waals surface area contributed by atoms with Gasteiger partial charge in [0.05, 0.1) is 9.82 Å². The van der Waals surface area contributed by atoms with E-state index in [1.807, 2.05) is 0 Å². The lowest BCUT2D eigenvalue weighted by atomic mass is 9.91. The molecule has 8 nitrogen and oxygen atoms in total. The molecule has 0 radical (unpaired) electrons. The summed E-state index contributed by atoms with van der Waals surface area (Å²) in [5.41, 5.74) is 5.93. The van der Waals surface area contributed by atoms with Crippen LogP contribution in [0.15, 0.2) is 23.1 Å². The maximum Gasteiger partial charge on any atom is 0.293 e. The monoisotopic (exact) mass is 328 g/mol. The second kappa shape index (κ2) is 6.59. The summed E-state index contributed by atoms with van der Waals surface area (Å²) in [5, 5.41) is 14.3. The van der Waals surface area contributed by atoms with Crippen molar-refractivity contribution in [3.05, 3.63) is 28.3 Å². The summed E-state index contributed by atoms with van der Waals surface area (Å²) in [6.07, 6.45) is 3.43. The minimum Gasteiger partial charge on any atom is -0.377 e. The molecule has 1 saturated carbocycles. The number of nitro benzene ring substituents is 1. The summed E-state index contributed by atoms with van der Waals surface area (Å²) in [5.74, 6) is 0. The van der Waals surface area contributed by atoms with E-state index in [1.54, 1.807) is 0 Å². The molecule has 0 heterocycles. The normalized spacial score (nSPS) is 22.3. The number of nitro groups is 1. The van der Waals surface area contributed by atoms with Gasteiger partial charge >= 0.3 is 0 Å². The Bertz CT molecular complexity index is 654. The first-order chi connectivity index (χ1) is 10.3. The zero-order valence-electron chi connectivity index (χ0n) is 12.3. The highest BCUT2D eigenvalue weighted by Gasteiger charge is 2.24. The minimum absolute atomic E-state index is 0.116. The van der Waals surface area contributed by atoms with E-state index in [0.29, 0.717) is 5.69 Å². The van der Waals surface area contributed by atoms with Crippen LogP contribution < -0.4 is 15.8 Å². The van der Waals surface area contributed by atoms with E-state index in [0.717, 1.165) is 31.7 Å². The van der Waals surface area contributed by atoms with Gasteiger partial charge in [0.1, 0.15) is 5.69 Å². The van der Waals surface area contributed by atoms with E-state index in [1.165, 1.54) is 19.2 Å². The van der Waals surface area contributed by atoms with Crippen molar-refractivity contribution in [2.75, 3.05) is 12.4 Å². The third-order valence-corrected chi connectivity index (χ3v) is 5.29. The summed E-state index contributed by atoms with van der Waals surface area (Å²) >= 11 is 0. The summed E-state index contributed by atoms with van der Waals surface area (Å²) in [7, 11) is -2.45. The van der Waals surface area contributed by atoms with Gasteiger partial charge in [0.25, 0.3) is 5.69 Å². The smallest absolute Gasteiger partial charge is 0.293 e. The first-order valence-electron chi connectivity index (χ1n) is 7.07. The zero-order valence-corrected chi connectivity index (χ0v) is 13.1. The highest BCUT2D eigenvalue weighted by Crippen LogP contribution is 2.30. The number of rotatable bonds is 5. The van der Waals surface area contributed by atoms with Gasteiger partial charge in [-0.05, 0) is 44.9 Å². The molecule has 22 heavy (non-hydrogen) atoms. The molecule has 0 atom stereocenters. The lowest BCUT2D eigenvalue weighted by Gasteiger charge is -2.27. The molecule has 0 aromatic heterocycles. The Morgan fingerprint density at radius 3 is 2.45 bits per heavy atom. The van der Waals surface area contributed by atoms with Crippen molar-refractivity contribution in [2.45, 2.75) is 42.7 Å². The molecule has 2 rings (SSSR count). The molecule has 1 aliphatic carbocycles. The molecular weight excluding hydrogens is 308 g/mol. The van der Waals surface area contributed by atoms with Crippen LogP contribution in [0.3, 0.4) is 0 Å². The summed E-state index contributed by atoms with van der Waals surface area (Å²) in [6, 6.07) is 4.18. The topological polar surface area (TPSA) is 127 Å². The quantitative estimate of drug-likeness (QED) is 0.550. The van der Waals surface area contributed by atoms with E-state index in [-0.39, 0.29) is 22.7 Å². The molecule has 1 aromatic carbocycles. The first kappa shape index (κ1) is 16.7. The van der Waals surface area contributed by atoms with Crippen molar-refractivity contribution in [3.63, 3.8) is 0 Å². The number of anilines is 1. The molecule has 0 amide bonds. The molecule has 1 fully saturated rings. The highest BCUT2D eigenvalue weighted by molar-refractivity contribution is 7.89. The Morgan fingerprint density at radius 1 is 1.27 bits per heavy atom. The van der Waals surface area contributed by atoms with Crippen molar-refractivity contribution in [1.29, 1.82) is 0 Å². The van der Waals surface area contributed by atoms with Gasteiger partial charge in [-0.25, -0.2) is 13.1 Å². The lowest BCUT2D eigenvalue weighted by Crippen LogP contribution is -2.33. The molecule has 0 spiro atoms. The molecule has 4 N–H and O–H groups in total. The van der Waals surface area contributed by atoms with Gasteiger partial charge in [0, 0.05) is 18.2 Å². The second-order valence-corrected chi connectivity index (χ2v) is 7.29. The number of hydrogen-bond donors (Lipinski definition) is 3. The van der Waals surface area contributed by atoms with Gasteiger partial charge in [0.15, 0.2) is 0 Å². The van der Waals surface area contributed by atoms with Crippen molar-refractivity contribution in [1.82, 2.24) is 4.72 Å². The molecule has 0 bridgehead atoms. The van der Waals surface area contributed by atoms with Crippen LogP contribution in [-0.4, -0.2) is 32.5 Å². The van der Waals surface area contributed by atoms with Crippen molar-refractivity contribution < 1.29 is 13.3 Å². The fraction of sp³-hybridized carbons (Fsp3) is 0.538. The van der Waals surface area contributed by atoms with Crippen LogP contribution in [0.25, 0.3) is 0 Å². The molecule has 1 aromatic rings. The fourth-order valence-electron chi connectivity index (χ4n) is 2.55. The Morgan fingerprint density at radius 2 is 1.91 bits per heavy atom. The Hall–Kier alpha value is -1.71. The SMILES string of the molecule is CNS(=O)(=O)c1ccc(NC2CCC(N)CC2)c([N+](=O)[O-])c1. The third-order valence-electron chi connectivity index (χ3n) is 3.88. The average Bonchev–Trinajstić information content (AvgIpc) is 2.49. The van der Waals surface area contributed by atoms with Crippen LogP contribution in [0.4, 0.5) is 11.4 Å². The maximum absolute atomic E-state index is 11.7. The molecule has 9 heteroatoms. The van der Waals surface area contributed by atoms with E-state index in [4.69, 9.17) is 5.73 Å².